The van der Waals surface area contributed by atoms with Gasteiger partial charge in [0.1, 0.15) is 5.65 Å². The standard InChI is InChI=1S/C22H26N4O/c1-2-25-12-8-17(9-13-25)19-7-11-24-22-20(19)10-14-26(22)15-16-3-5-18(6-4-16)21(23)27/h3-7,10-11,14,17H,2,8-9,12-13,15H2,1H3,(H2,23,27). The summed E-state index contributed by atoms with van der Waals surface area (Å²) >= 11 is 0. The fourth-order valence-corrected chi connectivity index (χ4v) is 4.13. The Hall–Kier alpha value is -2.66. The number of rotatable bonds is 5. The Morgan fingerprint density at radius 2 is 1.89 bits per heavy atom. The van der Waals surface area contributed by atoms with Gasteiger partial charge in [0.2, 0.25) is 5.91 Å². The number of primary amides is 1. The summed E-state index contributed by atoms with van der Waals surface area (Å²) in [5.74, 6) is 0.220. The van der Waals surface area contributed by atoms with Crippen molar-refractivity contribution in [2.75, 3.05) is 19.6 Å². The van der Waals surface area contributed by atoms with Gasteiger partial charge in [-0.05, 0) is 73.8 Å². The number of benzene rings is 1. The number of hydrogen-bond acceptors (Lipinski definition) is 3. The summed E-state index contributed by atoms with van der Waals surface area (Å²) in [4.78, 5) is 18.4. The average molecular weight is 362 g/mol. The number of nitrogens with two attached hydrogens (primary N) is 1. The molecule has 0 unspecified atom stereocenters. The van der Waals surface area contributed by atoms with Crippen LogP contribution >= 0.6 is 0 Å². The molecule has 0 radical (unpaired) electrons. The minimum atomic E-state index is -0.395. The lowest BCUT2D eigenvalue weighted by atomic mass is 9.88. The largest absolute Gasteiger partial charge is 0.366 e. The molecule has 1 aliphatic heterocycles. The van der Waals surface area contributed by atoms with Gasteiger partial charge >= 0.3 is 0 Å². The Bertz CT molecular complexity index is 937. The van der Waals surface area contributed by atoms with Crippen LogP contribution in [0.4, 0.5) is 0 Å². The third-order valence-corrected chi connectivity index (χ3v) is 5.76. The number of pyridine rings is 1. The van der Waals surface area contributed by atoms with Gasteiger partial charge in [0.15, 0.2) is 0 Å². The van der Waals surface area contributed by atoms with Gasteiger partial charge in [0.25, 0.3) is 0 Å². The molecule has 0 spiro atoms. The maximum absolute atomic E-state index is 11.2. The molecule has 0 bridgehead atoms. The molecule has 5 nitrogen and oxygen atoms in total. The van der Waals surface area contributed by atoms with Gasteiger partial charge in [-0.25, -0.2) is 4.98 Å². The van der Waals surface area contributed by atoms with E-state index in [4.69, 9.17) is 5.73 Å². The van der Waals surface area contributed by atoms with E-state index in [-0.39, 0.29) is 0 Å². The quantitative estimate of drug-likeness (QED) is 0.757. The third kappa shape index (κ3) is 3.60. The van der Waals surface area contributed by atoms with E-state index >= 15 is 0 Å². The van der Waals surface area contributed by atoms with Gasteiger partial charge in [0, 0.05) is 29.9 Å². The van der Waals surface area contributed by atoms with Gasteiger partial charge in [0.05, 0.1) is 0 Å². The minimum absolute atomic E-state index is 0.395. The molecule has 3 aromatic rings. The summed E-state index contributed by atoms with van der Waals surface area (Å²) in [5, 5.41) is 1.27. The second-order valence-electron chi connectivity index (χ2n) is 7.35. The Labute approximate surface area is 159 Å². The number of hydrogen-bond donors (Lipinski definition) is 1. The first-order valence-electron chi connectivity index (χ1n) is 9.70. The normalized spacial score (nSPS) is 16.0. The van der Waals surface area contributed by atoms with Crippen molar-refractivity contribution in [1.29, 1.82) is 0 Å². The summed E-state index contributed by atoms with van der Waals surface area (Å²) in [6.07, 6.45) is 6.49. The maximum Gasteiger partial charge on any atom is 0.248 e. The molecule has 1 amide bonds. The van der Waals surface area contributed by atoms with Crippen molar-refractivity contribution < 1.29 is 4.79 Å². The lowest BCUT2D eigenvalue weighted by Crippen LogP contribution is -2.32. The molecule has 0 atom stereocenters. The molecule has 1 aliphatic rings. The number of likely N-dealkylation sites (tertiary alicyclic amines) is 1. The predicted molar refractivity (Wildman–Crippen MR) is 108 cm³/mol. The highest BCUT2D eigenvalue weighted by molar-refractivity contribution is 5.92. The molecule has 2 aromatic heterocycles. The van der Waals surface area contributed by atoms with Crippen molar-refractivity contribution in [1.82, 2.24) is 14.5 Å². The second-order valence-corrected chi connectivity index (χ2v) is 7.35. The summed E-state index contributed by atoms with van der Waals surface area (Å²) in [7, 11) is 0. The second kappa shape index (κ2) is 7.53. The molecule has 0 aliphatic carbocycles. The van der Waals surface area contributed by atoms with Gasteiger partial charge in [-0.1, -0.05) is 19.1 Å². The molecule has 5 heteroatoms. The molecule has 27 heavy (non-hydrogen) atoms. The molecular weight excluding hydrogens is 336 g/mol. The maximum atomic E-state index is 11.2. The highest BCUT2D eigenvalue weighted by Crippen LogP contribution is 2.32. The number of nitrogens with zero attached hydrogens (tertiary/aromatic N) is 3. The summed E-state index contributed by atoms with van der Waals surface area (Å²) < 4.78 is 2.18. The molecule has 4 rings (SSSR count). The zero-order chi connectivity index (χ0) is 18.8. The van der Waals surface area contributed by atoms with Crippen molar-refractivity contribution in [2.24, 2.45) is 5.73 Å². The van der Waals surface area contributed by atoms with E-state index in [1.165, 1.54) is 36.9 Å². The van der Waals surface area contributed by atoms with Crippen molar-refractivity contribution >= 4 is 16.9 Å². The van der Waals surface area contributed by atoms with Crippen LogP contribution in [0.2, 0.25) is 0 Å². The molecule has 1 fully saturated rings. The molecule has 1 saturated heterocycles. The van der Waals surface area contributed by atoms with E-state index in [1.807, 2.05) is 18.3 Å². The Morgan fingerprint density at radius 1 is 1.15 bits per heavy atom. The fraction of sp³-hybridized carbons (Fsp3) is 0.364. The minimum Gasteiger partial charge on any atom is -0.366 e. The van der Waals surface area contributed by atoms with Crippen LogP contribution in [0.5, 0.6) is 0 Å². The first-order chi connectivity index (χ1) is 13.2. The topological polar surface area (TPSA) is 64.2 Å². The first-order valence-corrected chi connectivity index (χ1v) is 9.70. The number of fused-ring (bicyclic) bond motifs is 1. The molecule has 140 valence electrons. The lowest BCUT2D eigenvalue weighted by Gasteiger charge is -2.31. The Balaban J connectivity index is 1.58. The average Bonchev–Trinajstić information content (AvgIpc) is 3.11. The van der Waals surface area contributed by atoms with Crippen molar-refractivity contribution in [3.05, 3.63) is 65.5 Å². The smallest absolute Gasteiger partial charge is 0.248 e. The van der Waals surface area contributed by atoms with Crippen molar-refractivity contribution in [3.8, 4) is 0 Å². The highest BCUT2D eigenvalue weighted by Gasteiger charge is 2.22. The first kappa shape index (κ1) is 17.7. The predicted octanol–water partition coefficient (Wildman–Crippen LogP) is 3.38. The number of piperidine rings is 1. The number of carbonyl (C=O) groups excluding carboxylic acids is 1. The van der Waals surface area contributed by atoms with Crippen LogP contribution in [0.25, 0.3) is 11.0 Å². The summed E-state index contributed by atoms with van der Waals surface area (Å²) in [6, 6.07) is 11.9. The SMILES string of the molecule is CCN1CCC(c2ccnc3c2ccn3Cc2ccc(C(N)=O)cc2)CC1. The van der Waals surface area contributed by atoms with Crippen LogP contribution in [0.1, 0.15) is 47.2 Å². The van der Waals surface area contributed by atoms with Crippen LogP contribution in [-0.2, 0) is 6.54 Å². The Kier molecular flexibility index (Phi) is 4.94. The van der Waals surface area contributed by atoms with Gasteiger partial charge in [-0.2, -0.15) is 0 Å². The third-order valence-electron chi connectivity index (χ3n) is 5.76. The van der Waals surface area contributed by atoms with Gasteiger partial charge in [-0.15, -0.1) is 0 Å². The van der Waals surface area contributed by atoms with E-state index in [9.17, 15) is 4.79 Å². The van der Waals surface area contributed by atoms with E-state index < -0.39 is 5.91 Å². The molecule has 1 aromatic carbocycles. The summed E-state index contributed by atoms with van der Waals surface area (Å²) in [5.41, 5.74) is 9.45. The lowest BCUT2D eigenvalue weighted by molar-refractivity contribution is 0.100. The van der Waals surface area contributed by atoms with E-state index in [0.29, 0.717) is 11.5 Å². The van der Waals surface area contributed by atoms with Crippen LogP contribution in [0.3, 0.4) is 0 Å². The highest BCUT2D eigenvalue weighted by atomic mass is 16.1. The number of amides is 1. The van der Waals surface area contributed by atoms with Crippen LogP contribution in [0, 0.1) is 0 Å². The van der Waals surface area contributed by atoms with E-state index in [1.54, 1.807) is 12.1 Å². The molecule has 0 saturated carbocycles. The molecule has 3 heterocycles. The van der Waals surface area contributed by atoms with Gasteiger partial charge < -0.3 is 15.2 Å². The van der Waals surface area contributed by atoms with Crippen LogP contribution in [-0.4, -0.2) is 40.0 Å². The molecular formula is C22H26N4O. The molecule has 2 N–H and O–H groups in total. The zero-order valence-electron chi connectivity index (χ0n) is 15.8. The Morgan fingerprint density at radius 3 is 2.56 bits per heavy atom. The van der Waals surface area contributed by atoms with E-state index in [2.05, 4.69) is 39.7 Å². The number of carbonyl (C=O) groups is 1. The van der Waals surface area contributed by atoms with Crippen molar-refractivity contribution in [2.45, 2.75) is 32.2 Å². The number of aromatic nitrogens is 2. The van der Waals surface area contributed by atoms with Gasteiger partial charge in [-0.3, -0.25) is 4.79 Å². The fourth-order valence-electron chi connectivity index (χ4n) is 4.13. The zero-order valence-corrected chi connectivity index (χ0v) is 15.8. The van der Waals surface area contributed by atoms with Crippen molar-refractivity contribution in [3.63, 3.8) is 0 Å². The monoisotopic (exact) mass is 362 g/mol. The van der Waals surface area contributed by atoms with Crippen LogP contribution in [0.15, 0.2) is 48.8 Å². The summed E-state index contributed by atoms with van der Waals surface area (Å²) in [6.45, 7) is 6.47. The van der Waals surface area contributed by atoms with Crippen LogP contribution < -0.4 is 5.73 Å². The van der Waals surface area contributed by atoms with E-state index in [0.717, 1.165) is 24.3 Å².